The van der Waals surface area contributed by atoms with Gasteiger partial charge in [0.1, 0.15) is 0 Å². The van der Waals surface area contributed by atoms with Crippen molar-refractivity contribution in [3.8, 4) is 0 Å². The van der Waals surface area contributed by atoms with Crippen LogP contribution in [0, 0.1) is 0 Å². The molecule has 27 heavy (non-hydrogen) atoms. The van der Waals surface area contributed by atoms with Gasteiger partial charge >= 0.3 is 5.97 Å². The Hall–Kier alpha value is -2.17. The number of rotatable bonds is 3. The number of aromatic carboxylic acids is 1. The van der Waals surface area contributed by atoms with Gasteiger partial charge in [0.05, 0.1) is 18.8 Å². The Labute approximate surface area is 160 Å². The van der Waals surface area contributed by atoms with Crippen LogP contribution in [0.5, 0.6) is 0 Å². The lowest BCUT2D eigenvalue weighted by atomic mass is 9.82. The quantitative estimate of drug-likeness (QED) is 0.863. The number of benzene rings is 2. The van der Waals surface area contributed by atoms with Crippen molar-refractivity contribution in [3.05, 3.63) is 70.3 Å². The molecule has 0 radical (unpaired) electrons. The molecular weight excluding hydrogens is 340 g/mol. The predicted molar refractivity (Wildman–Crippen MR) is 103 cm³/mol. The molecule has 2 aromatic carbocycles. The molecule has 1 N–H and O–H groups in total. The highest BCUT2D eigenvalue weighted by atomic mass is 16.7. The minimum Gasteiger partial charge on any atom is -0.478 e. The van der Waals surface area contributed by atoms with E-state index in [1.54, 1.807) is 24.3 Å². The maximum atomic E-state index is 11.2. The fourth-order valence-electron chi connectivity index (χ4n) is 4.94. The van der Waals surface area contributed by atoms with E-state index >= 15 is 0 Å². The van der Waals surface area contributed by atoms with Gasteiger partial charge in [-0.1, -0.05) is 52.0 Å². The van der Waals surface area contributed by atoms with Crippen molar-refractivity contribution in [1.29, 1.82) is 0 Å². The van der Waals surface area contributed by atoms with Crippen LogP contribution in [-0.2, 0) is 26.1 Å². The lowest BCUT2D eigenvalue weighted by molar-refractivity contribution is -0.130. The highest BCUT2D eigenvalue weighted by molar-refractivity contribution is 5.87. The molecule has 0 amide bonds. The van der Waals surface area contributed by atoms with Gasteiger partial charge in [-0.05, 0) is 46.6 Å². The molecule has 4 heteroatoms. The number of hydrogen-bond acceptors (Lipinski definition) is 3. The predicted octanol–water partition coefficient (Wildman–Crippen LogP) is 4.59. The van der Waals surface area contributed by atoms with Gasteiger partial charge in [0.15, 0.2) is 0 Å². The fraction of sp³-hybridized carbons (Fsp3) is 0.435. The minimum absolute atomic E-state index is 0.0851. The summed E-state index contributed by atoms with van der Waals surface area (Å²) in [7, 11) is 0. The summed E-state index contributed by atoms with van der Waals surface area (Å²) in [5, 5.41) is 9.17. The average molecular weight is 366 g/mol. The first-order chi connectivity index (χ1) is 12.7. The molecule has 0 spiro atoms. The van der Waals surface area contributed by atoms with Crippen LogP contribution in [-0.4, -0.2) is 24.3 Å². The van der Waals surface area contributed by atoms with Crippen molar-refractivity contribution < 1.29 is 19.4 Å². The monoisotopic (exact) mass is 366 g/mol. The van der Waals surface area contributed by atoms with Gasteiger partial charge in [0.2, 0.25) is 5.79 Å². The highest BCUT2D eigenvalue weighted by Crippen LogP contribution is 2.51. The molecule has 1 saturated heterocycles. The van der Waals surface area contributed by atoms with E-state index in [-0.39, 0.29) is 16.4 Å². The summed E-state index contributed by atoms with van der Waals surface area (Å²) in [6, 6.07) is 13.3. The Morgan fingerprint density at radius 2 is 1.41 bits per heavy atom. The summed E-state index contributed by atoms with van der Waals surface area (Å²) in [6.45, 7) is 10.2. The summed E-state index contributed by atoms with van der Waals surface area (Å²) in [5.74, 6) is -1.92. The first kappa shape index (κ1) is 18.2. The maximum absolute atomic E-state index is 11.2. The smallest absolute Gasteiger partial charge is 0.335 e. The van der Waals surface area contributed by atoms with Crippen molar-refractivity contribution in [2.45, 2.75) is 50.7 Å². The van der Waals surface area contributed by atoms with E-state index in [1.807, 2.05) is 0 Å². The molecule has 1 heterocycles. The topological polar surface area (TPSA) is 55.8 Å². The van der Waals surface area contributed by atoms with Gasteiger partial charge in [-0.2, -0.15) is 0 Å². The number of fused-ring (bicyclic) bond motifs is 1. The Balaban J connectivity index is 1.83. The van der Waals surface area contributed by atoms with Crippen LogP contribution >= 0.6 is 0 Å². The Bertz CT molecular complexity index is 887. The molecule has 1 aliphatic carbocycles. The molecule has 0 unspecified atom stereocenters. The van der Waals surface area contributed by atoms with E-state index in [4.69, 9.17) is 9.47 Å². The second-order valence-corrected chi connectivity index (χ2v) is 8.90. The van der Waals surface area contributed by atoms with Gasteiger partial charge in [0, 0.05) is 11.1 Å². The highest BCUT2D eigenvalue weighted by Gasteiger charge is 2.45. The van der Waals surface area contributed by atoms with Gasteiger partial charge in [-0.3, -0.25) is 0 Å². The molecule has 0 bridgehead atoms. The van der Waals surface area contributed by atoms with E-state index in [9.17, 15) is 9.90 Å². The minimum atomic E-state index is -0.977. The van der Waals surface area contributed by atoms with Crippen LogP contribution in [0.15, 0.2) is 42.5 Å². The van der Waals surface area contributed by atoms with E-state index in [2.05, 4.69) is 45.9 Å². The van der Waals surface area contributed by atoms with Crippen molar-refractivity contribution in [2.24, 2.45) is 0 Å². The molecular formula is C23H26O4. The van der Waals surface area contributed by atoms with Gasteiger partial charge < -0.3 is 14.6 Å². The molecule has 4 rings (SSSR count). The van der Waals surface area contributed by atoms with Gasteiger partial charge in [-0.25, -0.2) is 4.79 Å². The zero-order valence-corrected chi connectivity index (χ0v) is 16.3. The molecule has 0 aromatic heterocycles. The van der Waals surface area contributed by atoms with Crippen LogP contribution < -0.4 is 0 Å². The van der Waals surface area contributed by atoms with E-state index in [1.165, 1.54) is 11.1 Å². The fourth-order valence-corrected chi connectivity index (χ4v) is 4.94. The van der Waals surface area contributed by atoms with Crippen LogP contribution in [0.4, 0.5) is 0 Å². The van der Waals surface area contributed by atoms with E-state index in [0.717, 1.165) is 17.5 Å². The van der Waals surface area contributed by atoms with Crippen LogP contribution in [0.1, 0.15) is 66.7 Å². The molecule has 2 aromatic rings. The average Bonchev–Trinajstić information content (AvgIpc) is 3.17. The molecule has 142 valence electrons. The van der Waals surface area contributed by atoms with Crippen molar-refractivity contribution in [1.82, 2.24) is 0 Å². The summed E-state index contributed by atoms with van der Waals surface area (Å²) < 4.78 is 12.2. The molecule has 1 aliphatic heterocycles. The van der Waals surface area contributed by atoms with Crippen molar-refractivity contribution in [2.75, 3.05) is 13.2 Å². The maximum Gasteiger partial charge on any atom is 0.335 e. The molecule has 0 saturated carbocycles. The second kappa shape index (κ2) is 5.91. The number of hydrogen-bond donors (Lipinski definition) is 1. The third-order valence-electron chi connectivity index (χ3n) is 5.95. The molecule has 1 fully saturated rings. The first-order valence-corrected chi connectivity index (χ1v) is 9.43. The Morgan fingerprint density at radius 3 is 2.00 bits per heavy atom. The number of carbonyl (C=O) groups is 1. The van der Waals surface area contributed by atoms with Crippen LogP contribution in [0.3, 0.4) is 0 Å². The zero-order chi connectivity index (χ0) is 19.4. The summed E-state index contributed by atoms with van der Waals surface area (Å²) in [6.07, 6.45) is 1.10. The summed E-state index contributed by atoms with van der Waals surface area (Å²) >= 11 is 0. The molecule has 2 aliphatic rings. The Morgan fingerprint density at radius 1 is 0.852 bits per heavy atom. The lowest BCUT2D eigenvalue weighted by Crippen LogP contribution is -2.29. The lowest BCUT2D eigenvalue weighted by Gasteiger charge is -2.30. The number of carboxylic acid groups (broad SMARTS) is 1. The van der Waals surface area contributed by atoms with E-state index in [0.29, 0.717) is 13.2 Å². The Kier molecular flexibility index (Phi) is 3.99. The third kappa shape index (κ3) is 2.79. The van der Waals surface area contributed by atoms with E-state index < -0.39 is 11.8 Å². The first-order valence-electron chi connectivity index (χ1n) is 9.43. The third-order valence-corrected chi connectivity index (χ3v) is 5.95. The largest absolute Gasteiger partial charge is 0.478 e. The zero-order valence-electron chi connectivity index (χ0n) is 16.3. The van der Waals surface area contributed by atoms with Crippen molar-refractivity contribution in [3.63, 3.8) is 0 Å². The van der Waals surface area contributed by atoms with Crippen molar-refractivity contribution >= 4 is 5.97 Å². The molecule has 0 atom stereocenters. The van der Waals surface area contributed by atoms with Gasteiger partial charge in [-0.15, -0.1) is 0 Å². The summed E-state index contributed by atoms with van der Waals surface area (Å²) in [5.41, 5.74) is 4.99. The SMILES string of the molecule is CC1(C)CC(C)(C)c2cc(C3(c4ccc(C(=O)O)cc4)OCCO3)ccc21. The normalized spacial score (nSPS) is 21.8. The van der Waals surface area contributed by atoms with Crippen LogP contribution in [0.25, 0.3) is 0 Å². The standard InChI is InChI=1S/C23H26O4/c1-21(2)14-22(3,4)19-13-17(9-10-18(19)21)23(26-11-12-27-23)16-7-5-15(6-8-16)20(24)25/h5-10,13H,11-12,14H2,1-4H3,(H,24,25). The molecule has 4 nitrogen and oxygen atoms in total. The summed E-state index contributed by atoms with van der Waals surface area (Å²) in [4.78, 5) is 11.2. The van der Waals surface area contributed by atoms with Crippen LogP contribution in [0.2, 0.25) is 0 Å². The number of carboxylic acids is 1. The van der Waals surface area contributed by atoms with Gasteiger partial charge in [0.25, 0.3) is 0 Å². The number of ether oxygens (including phenoxy) is 2. The second-order valence-electron chi connectivity index (χ2n) is 8.90.